The van der Waals surface area contributed by atoms with E-state index in [1.54, 1.807) is 0 Å². The van der Waals surface area contributed by atoms with Gasteiger partial charge in [-0.05, 0) is 42.2 Å². The van der Waals surface area contributed by atoms with Crippen LogP contribution in [0, 0.1) is 11.3 Å². The molecule has 1 atom stereocenters. The number of fused-ring (bicyclic) bond motifs is 2. The highest BCUT2D eigenvalue weighted by molar-refractivity contribution is 7.19. The second kappa shape index (κ2) is 4.52. The molecule has 3 rings (SSSR count). The first-order chi connectivity index (χ1) is 9.34. The second-order valence-corrected chi connectivity index (χ2v) is 7.53. The van der Waals surface area contributed by atoms with Crippen LogP contribution >= 0.6 is 11.3 Å². The van der Waals surface area contributed by atoms with Gasteiger partial charge in [-0.25, -0.2) is 14.8 Å². The van der Waals surface area contributed by atoms with E-state index in [1.807, 2.05) is 6.07 Å². The number of carboxylic acids is 1. The summed E-state index contributed by atoms with van der Waals surface area (Å²) in [4.78, 5) is 20.5. The smallest absolute Gasteiger partial charge is 0.365 e. The Kier molecular flexibility index (Phi) is 3.05. The highest BCUT2D eigenvalue weighted by Gasteiger charge is 2.29. The Morgan fingerprint density at radius 2 is 2.15 bits per heavy atom. The van der Waals surface area contributed by atoms with Crippen LogP contribution in [0.5, 0.6) is 0 Å². The lowest BCUT2D eigenvalue weighted by Gasteiger charge is -2.34. The SMILES string of the molecule is CC(C)(C)[C@H]1CCc2nc3sc(C(=O)O)nc3cc2C1. The normalized spacial score (nSPS) is 19.1. The largest absolute Gasteiger partial charge is 0.476 e. The molecule has 0 aliphatic heterocycles. The fourth-order valence-electron chi connectivity index (χ4n) is 2.84. The van der Waals surface area contributed by atoms with Crippen LogP contribution in [0.1, 0.15) is 48.3 Å². The maximum atomic E-state index is 11.0. The van der Waals surface area contributed by atoms with Crippen molar-refractivity contribution in [1.29, 1.82) is 0 Å². The molecule has 106 valence electrons. The Morgan fingerprint density at radius 3 is 2.80 bits per heavy atom. The third-order valence-electron chi connectivity index (χ3n) is 4.16. The third kappa shape index (κ3) is 2.30. The van der Waals surface area contributed by atoms with Gasteiger partial charge in [-0.3, -0.25) is 0 Å². The number of aryl methyl sites for hydroxylation is 1. The van der Waals surface area contributed by atoms with E-state index in [9.17, 15) is 4.79 Å². The topological polar surface area (TPSA) is 63.1 Å². The minimum absolute atomic E-state index is 0.127. The van der Waals surface area contributed by atoms with Gasteiger partial charge in [0.05, 0.1) is 0 Å². The molecule has 0 fully saturated rings. The molecule has 5 heteroatoms. The van der Waals surface area contributed by atoms with Crippen LogP contribution in [0.15, 0.2) is 6.07 Å². The molecule has 2 aromatic rings. The summed E-state index contributed by atoms with van der Waals surface area (Å²) in [5, 5.41) is 9.15. The lowest BCUT2D eigenvalue weighted by molar-refractivity contribution is 0.0696. The molecule has 0 bridgehead atoms. The average Bonchev–Trinajstić information content (AvgIpc) is 2.77. The first kappa shape index (κ1) is 13.5. The number of aromatic carboxylic acids is 1. The summed E-state index contributed by atoms with van der Waals surface area (Å²) >= 11 is 1.16. The van der Waals surface area contributed by atoms with Crippen LogP contribution in [0.25, 0.3) is 10.3 Å². The standard InChI is InChI=1S/C15H18N2O2S/c1-15(2,3)9-4-5-10-8(6-9)7-11-12(16-10)20-13(17-11)14(18)19/h7,9H,4-6H2,1-3H3,(H,18,19)/t9-/m0/s1. The summed E-state index contributed by atoms with van der Waals surface area (Å²) < 4.78 is 0. The molecule has 0 spiro atoms. The summed E-state index contributed by atoms with van der Waals surface area (Å²) in [7, 11) is 0. The molecule has 0 aromatic carbocycles. The van der Waals surface area contributed by atoms with E-state index in [-0.39, 0.29) is 5.01 Å². The average molecular weight is 290 g/mol. The Balaban J connectivity index is 2.02. The van der Waals surface area contributed by atoms with Crippen molar-refractivity contribution >= 4 is 27.7 Å². The number of thiazole rings is 1. The van der Waals surface area contributed by atoms with E-state index in [4.69, 9.17) is 5.11 Å². The van der Waals surface area contributed by atoms with Gasteiger partial charge in [-0.15, -0.1) is 0 Å². The van der Waals surface area contributed by atoms with Crippen LogP contribution in [0.3, 0.4) is 0 Å². The number of carboxylic acid groups (broad SMARTS) is 1. The number of hydrogen-bond donors (Lipinski definition) is 1. The summed E-state index contributed by atoms with van der Waals surface area (Å²) in [5.74, 6) is -0.328. The van der Waals surface area contributed by atoms with E-state index in [1.165, 1.54) is 5.56 Å². The number of rotatable bonds is 1. The van der Waals surface area contributed by atoms with Crippen molar-refractivity contribution in [2.45, 2.75) is 40.0 Å². The quantitative estimate of drug-likeness (QED) is 0.872. The minimum Gasteiger partial charge on any atom is -0.476 e. The maximum absolute atomic E-state index is 11.0. The predicted molar refractivity (Wildman–Crippen MR) is 79.3 cm³/mol. The number of nitrogens with zero attached hydrogens (tertiary/aromatic N) is 2. The molecule has 2 aromatic heterocycles. The number of carbonyl (C=O) groups is 1. The van der Waals surface area contributed by atoms with Crippen LogP contribution in [0.2, 0.25) is 0 Å². The second-order valence-electron chi connectivity index (χ2n) is 6.55. The molecule has 4 nitrogen and oxygen atoms in total. The van der Waals surface area contributed by atoms with Gasteiger partial charge in [0.1, 0.15) is 10.3 Å². The van der Waals surface area contributed by atoms with Crippen molar-refractivity contribution in [2.24, 2.45) is 11.3 Å². The Morgan fingerprint density at radius 1 is 1.40 bits per heavy atom. The van der Waals surface area contributed by atoms with Gasteiger partial charge in [-0.1, -0.05) is 32.1 Å². The van der Waals surface area contributed by atoms with E-state index in [0.717, 1.165) is 46.6 Å². The highest BCUT2D eigenvalue weighted by atomic mass is 32.1. The Labute approximate surface area is 121 Å². The molecule has 0 unspecified atom stereocenters. The molecule has 0 amide bonds. The first-order valence-electron chi connectivity index (χ1n) is 6.87. The minimum atomic E-state index is -0.974. The molecule has 1 aliphatic rings. The summed E-state index contributed by atoms with van der Waals surface area (Å²) in [6.45, 7) is 6.83. The van der Waals surface area contributed by atoms with Crippen molar-refractivity contribution in [3.05, 3.63) is 22.3 Å². The van der Waals surface area contributed by atoms with Crippen LogP contribution < -0.4 is 0 Å². The van der Waals surface area contributed by atoms with Crippen molar-refractivity contribution in [1.82, 2.24) is 9.97 Å². The number of hydrogen-bond acceptors (Lipinski definition) is 4. The predicted octanol–water partition coefficient (Wildman–Crippen LogP) is 3.54. The van der Waals surface area contributed by atoms with Crippen molar-refractivity contribution in [3.8, 4) is 0 Å². The molecule has 0 radical (unpaired) electrons. The summed E-state index contributed by atoms with van der Waals surface area (Å²) in [5.41, 5.74) is 3.38. The van der Waals surface area contributed by atoms with Gasteiger partial charge in [0, 0.05) is 5.69 Å². The number of pyridine rings is 1. The van der Waals surface area contributed by atoms with Gasteiger partial charge in [-0.2, -0.15) is 0 Å². The molecule has 2 heterocycles. The molecule has 1 N–H and O–H groups in total. The van der Waals surface area contributed by atoms with Gasteiger partial charge in [0.25, 0.3) is 0 Å². The van der Waals surface area contributed by atoms with Gasteiger partial charge < -0.3 is 5.11 Å². The molecular weight excluding hydrogens is 272 g/mol. The van der Waals surface area contributed by atoms with E-state index in [0.29, 0.717) is 11.3 Å². The lowest BCUT2D eigenvalue weighted by atomic mass is 9.71. The molecule has 20 heavy (non-hydrogen) atoms. The van der Waals surface area contributed by atoms with E-state index >= 15 is 0 Å². The maximum Gasteiger partial charge on any atom is 0.365 e. The van der Waals surface area contributed by atoms with Crippen LogP contribution in [-0.2, 0) is 12.8 Å². The van der Waals surface area contributed by atoms with Crippen molar-refractivity contribution < 1.29 is 9.90 Å². The Hall–Kier alpha value is -1.49. The molecule has 0 saturated heterocycles. The summed E-state index contributed by atoms with van der Waals surface area (Å²) in [6, 6.07) is 2.04. The van der Waals surface area contributed by atoms with Crippen molar-refractivity contribution in [2.75, 3.05) is 0 Å². The van der Waals surface area contributed by atoms with Crippen LogP contribution in [-0.4, -0.2) is 21.0 Å². The fraction of sp³-hybridized carbons (Fsp3) is 0.533. The Bertz CT molecular complexity index is 685. The zero-order valence-electron chi connectivity index (χ0n) is 11.9. The molecular formula is C15H18N2O2S. The number of aromatic nitrogens is 2. The third-order valence-corrected chi connectivity index (χ3v) is 5.11. The first-order valence-corrected chi connectivity index (χ1v) is 7.69. The van der Waals surface area contributed by atoms with E-state index in [2.05, 4.69) is 30.7 Å². The molecule has 0 saturated carbocycles. The molecule has 1 aliphatic carbocycles. The zero-order chi connectivity index (χ0) is 14.5. The highest BCUT2D eigenvalue weighted by Crippen LogP contribution is 2.37. The fourth-order valence-corrected chi connectivity index (χ4v) is 3.62. The van der Waals surface area contributed by atoms with Crippen molar-refractivity contribution in [3.63, 3.8) is 0 Å². The summed E-state index contributed by atoms with van der Waals surface area (Å²) in [6.07, 6.45) is 3.15. The van der Waals surface area contributed by atoms with Crippen LogP contribution in [0.4, 0.5) is 0 Å². The van der Waals surface area contributed by atoms with Gasteiger partial charge in [0.2, 0.25) is 5.01 Å². The van der Waals surface area contributed by atoms with Gasteiger partial charge in [0.15, 0.2) is 0 Å². The monoisotopic (exact) mass is 290 g/mol. The van der Waals surface area contributed by atoms with Gasteiger partial charge >= 0.3 is 5.97 Å². The van der Waals surface area contributed by atoms with E-state index < -0.39 is 5.97 Å². The lowest BCUT2D eigenvalue weighted by Crippen LogP contribution is -2.27. The zero-order valence-corrected chi connectivity index (χ0v) is 12.8.